The Balaban J connectivity index is 1.21. The van der Waals surface area contributed by atoms with Crippen LogP contribution in [0.3, 0.4) is 0 Å². The van der Waals surface area contributed by atoms with Crippen LogP contribution in [0.2, 0.25) is 0 Å². The van der Waals surface area contributed by atoms with Gasteiger partial charge in [-0.15, -0.1) is 0 Å². The first-order valence-electron chi connectivity index (χ1n) is 15.6. The Bertz CT molecular complexity index is 2080. The molecule has 0 saturated heterocycles. The summed E-state index contributed by atoms with van der Waals surface area (Å²) in [7, 11) is -2.73. The quantitative estimate of drug-likeness (QED) is 0.0806. The molecule has 7 nitrogen and oxygen atoms in total. The van der Waals surface area contributed by atoms with Crippen LogP contribution in [0, 0.1) is 6.92 Å². The van der Waals surface area contributed by atoms with Gasteiger partial charge in [0.05, 0.1) is 12.4 Å². The molecule has 6 aromatic carbocycles. The second-order valence-electron chi connectivity index (χ2n) is 11.9. The topological polar surface area (TPSA) is 102 Å². The number of rotatable bonds is 11. The van der Waals surface area contributed by atoms with Gasteiger partial charge < -0.3 is 24.0 Å². The zero-order valence-electron chi connectivity index (χ0n) is 27.2. The maximum absolute atomic E-state index is 12.9. The first-order chi connectivity index (χ1) is 23.5. The zero-order valence-corrected chi connectivity index (χ0v) is 28.1. The van der Waals surface area contributed by atoms with E-state index in [1.165, 1.54) is 29.8 Å². The minimum absolute atomic E-state index is 0.135. The highest BCUT2D eigenvalue weighted by molar-refractivity contribution is 7.60. The summed E-state index contributed by atoms with van der Waals surface area (Å²) in [5.74, 6) is 3.24. The molecular formula is C41H35O7P. The van der Waals surface area contributed by atoms with Gasteiger partial charge in [0.2, 0.25) is 0 Å². The van der Waals surface area contributed by atoms with Crippen molar-refractivity contribution in [2.24, 2.45) is 0 Å². The number of methoxy groups -OCH3 is 1. The molecule has 246 valence electrons. The van der Waals surface area contributed by atoms with Gasteiger partial charge >= 0.3 is 7.60 Å². The summed E-state index contributed by atoms with van der Waals surface area (Å²) in [6.45, 7) is 4.24. The molecule has 0 aliphatic rings. The number of hydrogen-bond acceptors (Lipinski definition) is 5. The summed E-state index contributed by atoms with van der Waals surface area (Å²) >= 11 is 0. The standard InChI is InChI=1S/C41H35O7P/c1-28-4-16-35(17-5-28)47-37-22-12-32(13-23-37)41(2,31-10-20-34(46-3)21-11-31)33-14-24-38(25-15-33)48-36-18-6-29(7-19-36)40(42)30-8-26-39(27-9-30)49(43,44)45/h4-27H,1-3H3,(H2,43,44,45). The highest BCUT2D eigenvalue weighted by Gasteiger charge is 2.31. The van der Waals surface area contributed by atoms with E-state index in [4.69, 9.17) is 14.2 Å². The van der Waals surface area contributed by atoms with E-state index < -0.39 is 13.0 Å². The molecule has 6 rings (SSSR count). The van der Waals surface area contributed by atoms with E-state index >= 15 is 0 Å². The molecule has 1 atom stereocenters. The summed E-state index contributed by atoms with van der Waals surface area (Å²) < 4.78 is 29.1. The largest absolute Gasteiger partial charge is 0.497 e. The number of carbonyl (C=O) groups excluding carboxylic acids is 1. The van der Waals surface area contributed by atoms with Crippen LogP contribution >= 0.6 is 7.60 Å². The molecular weight excluding hydrogens is 635 g/mol. The smallest absolute Gasteiger partial charge is 0.356 e. The lowest BCUT2D eigenvalue weighted by atomic mass is 9.71. The summed E-state index contributed by atoms with van der Waals surface area (Å²) in [6.07, 6.45) is 0. The number of aryl methyl sites for hydroxylation is 1. The number of hydrogen-bond donors (Lipinski definition) is 2. The lowest BCUT2D eigenvalue weighted by Crippen LogP contribution is -2.25. The number of ether oxygens (including phenoxy) is 3. The van der Waals surface area contributed by atoms with Crippen molar-refractivity contribution in [1.82, 2.24) is 0 Å². The second-order valence-corrected chi connectivity index (χ2v) is 13.5. The van der Waals surface area contributed by atoms with Crippen LogP contribution < -0.4 is 19.5 Å². The molecule has 0 saturated carbocycles. The first-order valence-corrected chi connectivity index (χ1v) is 17.2. The van der Waals surface area contributed by atoms with Gasteiger partial charge in [0.25, 0.3) is 0 Å². The van der Waals surface area contributed by atoms with Crippen molar-refractivity contribution in [1.29, 1.82) is 0 Å². The van der Waals surface area contributed by atoms with Gasteiger partial charge in [-0.2, -0.15) is 0 Å². The third kappa shape index (κ3) is 7.50. The van der Waals surface area contributed by atoms with Crippen molar-refractivity contribution < 1.29 is 33.4 Å². The molecule has 0 aliphatic heterocycles. The zero-order chi connectivity index (χ0) is 34.6. The van der Waals surface area contributed by atoms with Gasteiger partial charge in [-0.1, -0.05) is 66.2 Å². The molecule has 8 heteroatoms. The molecule has 0 aromatic heterocycles. The van der Waals surface area contributed by atoms with Gasteiger partial charge in [-0.25, -0.2) is 0 Å². The van der Waals surface area contributed by atoms with Crippen LogP contribution in [0.4, 0.5) is 0 Å². The minimum atomic E-state index is -4.38. The third-order valence-electron chi connectivity index (χ3n) is 8.61. The van der Waals surface area contributed by atoms with E-state index in [-0.39, 0.29) is 11.1 Å². The van der Waals surface area contributed by atoms with Crippen molar-refractivity contribution in [3.05, 3.63) is 179 Å². The van der Waals surface area contributed by atoms with Gasteiger partial charge in [0, 0.05) is 16.5 Å². The molecule has 0 spiro atoms. The fraction of sp³-hybridized carbons (Fsp3) is 0.0976. The van der Waals surface area contributed by atoms with Gasteiger partial charge in [-0.3, -0.25) is 9.36 Å². The van der Waals surface area contributed by atoms with Crippen LogP contribution in [0.25, 0.3) is 0 Å². The molecule has 0 aliphatic carbocycles. The average Bonchev–Trinajstić information content (AvgIpc) is 3.12. The van der Waals surface area contributed by atoms with E-state index in [9.17, 15) is 19.1 Å². The van der Waals surface area contributed by atoms with Gasteiger partial charge in [-0.05, 0) is 115 Å². The van der Waals surface area contributed by atoms with Crippen LogP contribution in [0.15, 0.2) is 146 Å². The molecule has 0 radical (unpaired) electrons. The Labute approximate surface area is 285 Å². The van der Waals surface area contributed by atoms with E-state index in [1.54, 1.807) is 31.4 Å². The number of benzene rings is 6. The van der Waals surface area contributed by atoms with Gasteiger partial charge in [0.1, 0.15) is 28.7 Å². The van der Waals surface area contributed by atoms with Crippen LogP contribution in [-0.2, 0) is 9.98 Å². The predicted molar refractivity (Wildman–Crippen MR) is 191 cm³/mol. The SMILES string of the molecule is COc1ccc(C(C)(c2ccc(Oc3ccc(C)cc3)cc2)c2ccc(Oc3ccc(C(=O)c4ccc(P(=O)(O)O)cc4)cc3)cc2)cc1. The van der Waals surface area contributed by atoms with Crippen molar-refractivity contribution in [3.8, 4) is 28.7 Å². The summed E-state index contributed by atoms with van der Waals surface area (Å²) in [5, 5.41) is -0.135. The van der Waals surface area contributed by atoms with Crippen LogP contribution in [0.5, 0.6) is 28.7 Å². The number of carbonyl (C=O) groups is 1. The van der Waals surface area contributed by atoms with E-state index in [0.717, 1.165) is 33.9 Å². The highest BCUT2D eigenvalue weighted by Crippen LogP contribution is 2.41. The Kier molecular flexibility index (Phi) is 9.52. The van der Waals surface area contributed by atoms with Crippen molar-refractivity contribution >= 4 is 18.7 Å². The Morgan fingerprint density at radius 3 is 1.22 bits per heavy atom. The fourth-order valence-corrected chi connectivity index (χ4v) is 6.20. The maximum Gasteiger partial charge on any atom is 0.356 e. The Morgan fingerprint density at radius 1 is 0.531 bits per heavy atom. The fourth-order valence-electron chi connectivity index (χ4n) is 5.66. The first kappa shape index (κ1) is 33.4. The lowest BCUT2D eigenvalue weighted by molar-refractivity contribution is 0.103. The van der Waals surface area contributed by atoms with E-state index in [2.05, 4.69) is 43.3 Å². The lowest BCUT2D eigenvalue weighted by Gasteiger charge is -2.32. The summed E-state index contributed by atoms with van der Waals surface area (Å²) in [5.41, 5.74) is 4.64. The summed E-state index contributed by atoms with van der Waals surface area (Å²) in [4.78, 5) is 31.6. The minimum Gasteiger partial charge on any atom is -0.497 e. The second kappa shape index (κ2) is 14.0. The molecule has 2 N–H and O–H groups in total. The molecule has 0 fully saturated rings. The van der Waals surface area contributed by atoms with E-state index in [0.29, 0.717) is 22.6 Å². The monoisotopic (exact) mass is 670 g/mol. The molecule has 49 heavy (non-hydrogen) atoms. The van der Waals surface area contributed by atoms with Gasteiger partial charge in [0.15, 0.2) is 5.78 Å². The Morgan fingerprint density at radius 2 is 0.857 bits per heavy atom. The van der Waals surface area contributed by atoms with Crippen molar-refractivity contribution in [3.63, 3.8) is 0 Å². The van der Waals surface area contributed by atoms with E-state index in [1.807, 2.05) is 67.6 Å². The average molecular weight is 671 g/mol. The van der Waals surface area contributed by atoms with Crippen molar-refractivity contribution in [2.45, 2.75) is 19.3 Å². The normalized spacial score (nSPS) is 12.5. The summed E-state index contributed by atoms with van der Waals surface area (Å²) in [6, 6.07) is 44.3. The van der Waals surface area contributed by atoms with Crippen LogP contribution in [-0.4, -0.2) is 22.7 Å². The third-order valence-corrected chi connectivity index (χ3v) is 9.58. The van der Waals surface area contributed by atoms with Crippen LogP contribution in [0.1, 0.15) is 45.1 Å². The maximum atomic E-state index is 12.9. The molecule has 0 bridgehead atoms. The van der Waals surface area contributed by atoms with Crippen molar-refractivity contribution in [2.75, 3.05) is 7.11 Å². The molecule has 1 unspecified atom stereocenters. The molecule has 6 aromatic rings. The Hall–Kier alpha value is -5.46. The predicted octanol–water partition coefficient (Wildman–Crippen LogP) is 8.98. The highest BCUT2D eigenvalue weighted by atomic mass is 31.2. The molecule has 0 amide bonds. The number of ketones is 1. The molecule has 0 heterocycles.